The van der Waals surface area contributed by atoms with Gasteiger partial charge in [0.25, 0.3) is 0 Å². The Hall–Kier alpha value is -1.42. The number of ketones is 1. The quantitative estimate of drug-likeness (QED) is 0.667. The maximum absolute atomic E-state index is 12.4. The predicted octanol–water partition coefficient (Wildman–Crippen LogP) is 4.47. The summed E-state index contributed by atoms with van der Waals surface area (Å²) in [6.07, 6.45) is 0. The van der Waals surface area contributed by atoms with Gasteiger partial charge < -0.3 is 10.5 Å². The van der Waals surface area contributed by atoms with Crippen molar-refractivity contribution in [3.8, 4) is 5.75 Å². The number of ether oxygens (including phenoxy) is 1. The number of methoxy groups -OCH3 is 1. The van der Waals surface area contributed by atoms with Crippen LogP contribution in [0, 0.1) is 0 Å². The maximum atomic E-state index is 12.4. The van der Waals surface area contributed by atoms with Gasteiger partial charge in [-0.2, -0.15) is 0 Å². The fourth-order valence-corrected chi connectivity index (χ4v) is 2.34. The van der Waals surface area contributed by atoms with Crippen LogP contribution in [0.3, 0.4) is 0 Å². The summed E-state index contributed by atoms with van der Waals surface area (Å²) in [5.41, 5.74) is 6.68. The third kappa shape index (κ3) is 2.85. The molecule has 0 aliphatic heterocycles. The number of rotatable bonds is 3. The Bertz CT molecular complexity index is 686. The van der Waals surface area contributed by atoms with Gasteiger partial charge >= 0.3 is 0 Å². The van der Waals surface area contributed by atoms with Crippen LogP contribution in [0.15, 0.2) is 30.3 Å². The van der Waals surface area contributed by atoms with Crippen molar-refractivity contribution in [1.82, 2.24) is 0 Å². The smallest absolute Gasteiger partial charge is 0.194 e. The minimum Gasteiger partial charge on any atom is -0.495 e. The summed E-state index contributed by atoms with van der Waals surface area (Å²) in [7, 11) is 1.47. The minimum absolute atomic E-state index is 0.254. The molecule has 20 heavy (non-hydrogen) atoms. The van der Waals surface area contributed by atoms with Crippen LogP contribution in [0.1, 0.15) is 15.9 Å². The summed E-state index contributed by atoms with van der Waals surface area (Å²) in [6, 6.07) is 7.60. The standard InChI is InChI=1S/C14H10Cl3NO2/c1-20-13-6-9(15)8(5-11(13)17)14(19)7-2-3-12(18)10(16)4-7/h2-6H,18H2,1H3. The van der Waals surface area contributed by atoms with E-state index in [9.17, 15) is 4.79 Å². The molecule has 2 aromatic rings. The number of carbonyl (C=O) groups is 1. The van der Waals surface area contributed by atoms with E-state index in [1.807, 2.05) is 0 Å². The van der Waals surface area contributed by atoms with E-state index in [4.69, 9.17) is 45.3 Å². The van der Waals surface area contributed by atoms with Crippen LogP contribution in [0.4, 0.5) is 5.69 Å². The van der Waals surface area contributed by atoms with Gasteiger partial charge in [-0.1, -0.05) is 34.8 Å². The Balaban J connectivity index is 2.48. The zero-order valence-corrected chi connectivity index (χ0v) is 12.7. The molecule has 0 unspecified atom stereocenters. The van der Waals surface area contributed by atoms with E-state index in [2.05, 4.69) is 0 Å². The number of benzene rings is 2. The summed E-state index contributed by atoms with van der Waals surface area (Å²) >= 11 is 18.0. The van der Waals surface area contributed by atoms with Crippen molar-refractivity contribution in [1.29, 1.82) is 0 Å². The van der Waals surface area contributed by atoms with Crippen LogP contribution in [0.5, 0.6) is 5.75 Å². The molecule has 2 aromatic carbocycles. The molecule has 0 aliphatic carbocycles. The van der Waals surface area contributed by atoms with Crippen molar-refractivity contribution in [2.24, 2.45) is 0 Å². The molecule has 0 spiro atoms. The highest BCUT2D eigenvalue weighted by molar-refractivity contribution is 6.38. The van der Waals surface area contributed by atoms with Gasteiger partial charge in [-0.25, -0.2) is 0 Å². The van der Waals surface area contributed by atoms with Gasteiger partial charge in [-0.05, 0) is 24.3 Å². The molecular formula is C14H10Cl3NO2. The van der Waals surface area contributed by atoms with Crippen molar-refractivity contribution < 1.29 is 9.53 Å². The van der Waals surface area contributed by atoms with Crippen LogP contribution >= 0.6 is 34.8 Å². The molecule has 3 nitrogen and oxygen atoms in total. The van der Waals surface area contributed by atoms with Crippen LogP contribution in [-0.2, 0) is 0 Å². The summed E-state index contributed by atoms with van der Waals surface area (Å²) in [4.78, 5) is 12.4. The lowest BCUT2D eigenvalue weighted by atomic mass is 10.0. The van der Waals surface area contributed by atoms with Gasteiger partial charge in [-0.3, -0.25) is 4.79 Å². The Morgan fingerprint density at radius 3 is 2.35 bits per heavy atom. The number of anilines is 1. The molecule has 104 valence electrons. The predicted molar refractivity (Wildman–Crippen MR) is 82.3 cm³/mol. The first-order valence-corrected chi connectivity index (χ1v) is 6.70. The average molecular weight is 331 g/mol. The highest BCUT2D eigenvalue weighted by Gasteiger charge is 2.17. The molecule has 0 radical (unpaired) electrons. The minimum atomic E-state index is -0.290. The van der Waals surface area contributed by atoms with E-state index in [1.54, 1.807) is 12.1 Å². The van der Waals surface area contributed by atoms with Gasteiger partial charge in [0.05, 0.1) is 27.9 Å². The molecule has 0 aliphatic rings. The Kier molecular flexibility index (Phi) is 4.43. The number of halogens is 3. The lowest BCUT2D eigenvalue weighted by Gasteiger charge is -2.09. The second-order valence-electron chi connectivity index (χ2n) is 4.03. The molecule has 6 heteroatoms. The van der Waals surface area contributed by atoms with Crippen molar-refractivity contribution in [3.63, 3.8) is 0 Å². The third-order valence-corrected chi connectivity index (χ3v) is 3.68. The van der Waals surface area contributed by atoms with Crippen molar-refractivity contribution in [2.75, 3.05) is 12.8 Å². The Labute approximate surface area is 131 Å². The largest absolute Gasteiger partial charge is 0.495 e. The molecule has 2 rings (SSSR count). The topological polar surface area (TPSA) is 52.3 Å². The zero-order chi connectivity index (χ0) is 14.9. The van der Waals surface area contributed by atoms with E-state index in [0.717, 1.165) is 0 Å². The van der Waals surface area contributed by atoms with Crippen molar-refractivity contribution in [3.05, 3.63) is 56.5 Å². The van der Waals surface area contributed by atoms with E-state index in [-0.39, 0.29) is 16.4 Å². The lowest BCUT2D eigenvalue weighted by molar-refractivity contribution is 0.103. The second kappa shape index (κ2) is 5.92. The summed E-state index contributed by atoms with van der Waals surface area (Å²) < 4.78 is 5.04. The van der Waals surface area contributed by atoms with E-state index in [1.165, 1.54) is 25.3 Å². The van der Waals surface area contributed by atoms with Gasteiger partial charge in [0.1, 0.15) is 5.75 Å². The molecule has 0 atom stereocenters. The summed E-state index contributed by atoms with van der Waals surface area (Å²) in [5, 5.41) is 0.873. The monoisotopic (exact) mass is 329 g/mol. The first-order valence-electron chi connectivity index (χ1n) is 5.56. The second-order valence-corrected chi connectivity index (χ2v) is 5.25. The SMILES string of the molecule is COc1cc(Cl)c(C(=O)c2ccc(N)c(Cl)c2)cc1Cl. The zero-order valence-electron chi connectivity index (χ0n) is 10.4. The van der Waals surface area contributed by atoms with E-state index < -0.39 is 0 Å². The molecule has 0 saturated carbocycles. The molecule has 2 N–H and O–H groups in total. The number of nitrogens with two attached hydrogens (primary N) is 1. The Morgan fingerprint density at radius 1 is 1.05 bits per heavy atom. The highest BCUT2D eigenvalue weighted by Crippen LogP contribution is 2.32. The molecule has 0 amide bonds. The maximum Gasteiger partial charge on any atom is 0.194 e. The van der Waals surface area contributed by atoms with E-state index in [0.29, 0.717) is 27.0 Å². The number of carbonyl (C=O) groups excluding carboxylic acids is 1. The van der Waals surface area contributed by atoms with Gasteiger partial charge in [0.15, 0.2) is 5.78 Å². The molecule has 0 heterocycles. The first kappa shape index (κ1) is 15.0. The third-order valence-electron chi connectivity index (χ3n) is 2.75. The van der Waals surface area contributed by atoms with E-state index >= 15 is 0 Å². The molecule has 0 fully saturated rings. The van der Waals surface area contributed by atoms with Crippen LogP contribution in [0.25, 0.3) is 0 Å². The average Bonchev–Trinajstić information content (AvgIpc) is 2.43. The van der Waals surface area contributed by atoms with Crippen LogP contribution in [-0.4, -0.2) is 12.9 Å². The van der Waals surface area contributed by atoms with Crippen LogP contribution in [0.2, 0.25) is 15.1 Å². The normalized spacial score (nSPS) is 10.4. The number of hydrogen-bond acceptors (Lipinski definition) is 3. The first-order chi connectivity index (χ1) is 9.43. The molecular weight excluding hydrogens is 321 g/mol. The molecule has 0 saturated heterocycles. The lowest BCUT2D eigenvalue weighted by Crippen LogP contribution is -2.03. The Morgan fingerprint density at radius 2 is 1.75 bits per heavy atom. The molecule has 0 aromatic heterocycles. The van der Waals surface area contributed by atoms with Crippen molar-refractivity contribution >= 4 is 46.3 Å². The molecule has 0 bridgehead atoms. The summed E-state index contributed by atoms with van der Waals surface area (Å²) in [6.45, 7) is 0. The fraction of sp³-hybridized carbons (Fsp3) is 0.0714. The summed E-state index contributed by atoms with van der Waals surface area (Å²) in [5.74, 6) is 0.116. The fourth-order valence-electron chi connectivity index (χ4n) is 1.68. The van der Waals surface area contributed by atoms with Crippen molar-refractivity contribution in [2.45, 2.75) is 0 Å². The van der Waals surface area contributed by atoms with Gasteiger partial charge in [-0.15, -0.1) is 0 Å². The van der Waals surface area contributed by atoms with Gasteiger partial charge in [0, 0.05) is 17.2 Å². The van der Waals surface area contributed by atoms with Crippen LogP contribution < -0.4 is 10.5 Å². The van der Waals surface area contributed by atoms with Gasteiger partial charge in [0.2, 0.25) is 0 Å². The highest BCUT2D eigenvalue weighted by atomic mass is 35.5. The number of hydrogen-bond donors (Lipinski definition) is 1. The number of nitrogen functional groups attached to an aromatic ring is 1.